The number of thioether (sulfide) groups is 1. The van der Waals surface area contributed by atoms with Crippen molar-refractivity contribution in [1.82, 2.24) is 10.2 Å². The van der Waals surface area contributed by atoms with Crippen LogP contribution in [0.2, 0.25) is 0 Å². The van der Waals surface area contributed by atoms with Gasteiger partial charge in [0.05, 0.1) is 0 Å². The summed E-state index contributed by atoms with van der Waals surface area (Å²) in [6.07, 6.45) is 4.05. The molecule has 2 unspecified atom stereocenters. The second-order valence-corrected chi connectivity index (χ2v) is 12.3. The first-order chi connectivity index (χ1) is 17.2. The number of carbonyl (C=O) groups is 2. The van der Waals surface area contributed by atoms with Crippen molar-refractivity contribution in [2.45, 2.75) is 70.5 Å². The zero-order chi connectivity index (χ0) is 25.7. The summed E-state index contributed by atoms with van der Waals surface area (Å²) in [6, 6.07) is 13.4. The Kier molecular flexibility index (Phi) is 8.75. The lowest BCUT2D eigenvalue weighted by Crippen LogP contribution is -2.49. The molecule has 2 amide bonds. The molecule has 2 aliphatic rings. The van der Waals surface area contributed by atoms with Gasteiger partial charge >= 0.3 is 0 Å². The molecule has 36 heavy (non-hydrogen) atoms. The van der Waals surface area contributed by atoms with Gasteiger partial charge in [0, 0.05) is 60.0 Å². The van der Waals surface area contributed by atoms with Gasteiger partial charge in [-0.3, -0.25) is 14.5 Å². The Morgan fingerprint density at radius 2 is 1.64 bits per heavy atom. The van der Waals surface area contributed by atoms with E-state index >= 15 is 0 Å². The molecule has 6 nitrogen and oxygen atoms in total. The maximum atomic E-state index is 13.2. The number of hydrogen-bond acceptors (Lipinski definition) is 5. The lowest BCUT2D eigenvalue weighted by Gasteiger charge is -2.29. The number of benzene rings is 2. The largest absolute Gasteiger partial charge is 0.348 e. The molecular weight excluding hydrogens is 468 g/mol. The number of nitrogens with two attached hydrogens (primary N) is 1. The number of carbonyl (C=O) groups excluding carboxylic acids is 2. The van der Waals surface area contributed by atoms with Crippen LogP contribution in [0.1, 0.15) is 78.3 Å². The highest BCUT2D eigenvalue weighted by molar-refractivity contribution is 7.99. The van der Waals surface area contributed by atoms with Gasteiger partial charge in [-0.05, 0) is 53.6 Å². The van der Waals surface area contributed by atoms with E-state index in [2.05, 4.69) is 36.3 Å². The van der Waals surface area contributed by atoms with Crippen molar-refractivity contribution in [3.05, 3.63) is 64.7 Å². The van der Waals surface area contributed by atoms with Gasteiger partial charge < -0.3 is 16.4 Å². The zero-order valence-electron chi connectivity index (χ0n) is 21.8. The average molecular weight is 509 g/mol. The van der Waals surface area contributed by atoms with Crippen molar-refractivity contribution in [1.29, 1.82) is 0 Å². The third-order valence-electron chi connectivity index (χ3n) is 7.27. The van der Waals surface area contributed by atoms with E-state index in [1.807, 2.05) is 54.2 Å². The molecule has 194 valence electrons. The zero-order valence-corrected chi connectivity index (χ0v) is 22.6. The summed E-state index contributed by atoms with van der Waals surface area (Å²) >= 11 is 1.97. The van der Waals surface area contributed by atoms with E-state index in [1.165, 1.54) is 5.56 Å². The van der Waals surface area contributed by atoms with E-state index in [0.717, 1.165) is 62.4 Å². The van der Waals surface area contributed by atoms with Crippen LogP contribution < -0.4 is 16.4 Å². The van der Waals surface area contributed by atoms with E-state index in [4.69, 9.17) is 5.73 Å². The maximum absolute atomic E-state index is 13.2. The van der Waals surface area contributed by atoms with E-state index in [0.29, 0.717) is 16.8 Å². The standard InChI is InChI=1S/C29H40N4O2S/c1-29(2,3)23-12-10-20(11-13-23)27(34)32-26-18-21(28(35)31-25-7-5-4-6-24(25)30)8-9-22(26)19-33-14-16-36-17-15-33/h8-13,18,24-25H,4-7,14-17,19,30H2,1-3H3,(H,31,35)(H,32,34). The first-order valence-electron chi connectivity index (χ1n) is 13.1. The highest BCUT2D eigenvalue weighted by atomic mass is 32.2. The molecule has 1 aliphatic heterocycles. The van der Waals surface area contributed by atoms with Gasteiger partial charge in [0.15, 0.2) is 0 Å². The van der Waals surface area contributed by atoms with Crippen LogP contribution in [0.5, 0.6) is 0 Å². The van der Waals surface area contributed by atoms with Crippen LogP contribution in [0.25, 0.3) is 0 Å². The fourth-order valence-electron chi connectivity index (χ4n) is 4.88. The van der Waals surface area contributed by atoms with Crippen molar-refractivity contribution >= 4 is 29.3 Å². The third-order valence-corrected chi connectivity index (χ3v) is 8.21. The van der Waals surface area contributed by atoms with Gasteiger partial charge in [0.2, 0.25) is 0 Å². The maximum Gasteiger partial charge on any atom is 0.255 e. The SMILES string of the molecule is CC(C)(C)c1ccc(C(=O)Nc2cc(C(=O)NC3CCCCC3N)ccc2CN2CCSCC2)cc1. The van der Waals surface area contributed by atoms with Crippen molar-refractivity contribution < 1.29 is 9.59 Å². The summed E-state index contributed by atoms with van der Waals surface area (Å²) in [7, 11) is 0. The lowest BCUT2D eigenvalue weighted by molar-refractivity contribution is 0.0920. The topological polar surface area (TPSA) is 87.5 Å². The molecule has 1 saturated heterocycles. The molecule has 0 bridgehead atoms. The quantitative estimate of drug-likeness (QED) is 0.523. The van der Waals surface area contributed by atoms with Crippen molar-refractivity contribution in [2.24, 2.45) is 5.73 Å². The fraction of sp³-hybridized carbons (Fsp3) is 0.517. The van der Waals surface area contributed by atoms with E-state index in [-0.39, 0.29) is 29.3 Å². The molecule has 0 spiro atoms. The Bertz CT molecular complexity index is 1060. The molecule has 2 aromatic carbocycles. The van der Waals surface area contributed by atoms with Gasteiger partial charge in [0.1, 0.15) is 0 Å². The van der Waals surface area contributed by atoms with E-state index in [1.54, 1.807) is 0 Å². The second kappa shape index (κ2) is 11.8. The predicted molar refractivity (Wildman–Crippen MR) is 150 cm³/mol. The highest BCUT2D eigenvalue weighted by Gasteiger charge is 2.24. The molecule has 0 radical (unpaired) electrons. The summed E-state index contributed by atoms with van der Waals surface area (Å²) in [5.74, 6) is 1.93. The number of nitrogens with zero attached hydrogens (tertiary/aromatic N) is 1. The highest BCUT2D eigenvalue weighted by Crippen LogP contribution is 2.25. The van der Waals surface area contributed by atoms with Crippen LogP contribution >= 0.6 is 11.8 Å². The monoisotopic (exact) mass is 508 g/mol. The predicted octanol–water partition coefficient (Wildman–Crippen LogP) is 4.78. The summed E-state index contributed by atoms with van der Waals surface area (Å²) in [4.78, 5) is 28.7. The molecule has 0 aromatic heterocycles. The van der Waals surface area contributed by atoms with Crippen LogP contribution in [0.4, 0.5) is 5.69 Å². The number of anilines is 1. The molecule has 1 aliphatic carbocycles. The number of amides is 2. The minimum Gasteiger partial charge on any atom is -0.348 e. The first-order valence-corrected chi connectivity index (χ1v) is 14.3. The summed E-state index contributed by atoms with van der Waals surface area (Å²) < 4.78 is 0. The lowest BCUT2D eigenvalue weighted by atomic mass is 9.86. The van der Waals surface area contributed by atoms with Crippen LogP contribution in [0.3, 0.4) is 0 Å². The van der Waals surface area contributed by atoms with E-state index in [9.17, 15) is 9.59 Å². The summed E-state index contributed by atoms with van der Waals surface area (Å²) in [6.45, 7) is 9.26. The van der Waals surface area contributed by atoms with Gasteiger partial charge in [-0.15, -0.1) is 0 Å². The van der Waals surface area contributed by atoms with Crippen molar-refractivity contribution in [3.8, 4) is 0 Å². The Morgan fingerprint density at radius 1 is 0.972 bits per heavy atom. The second-order valence-electron chi connectivity index (χ2n) is 11.1. The third kappa shape index (κ3) is 6.90. The van der Waals surface area contributed by atoms with Gasteiger partial charge in [-0.25, -0.2) is 0 Å². The minimum atomic E-state index is -0.169. The fourth-order valence-corrected chi connectivity index (χ4v) is 5.86. The molecule has 2 aromatic rings. The summed E-state index contributed by atoms with van der Waals surface area (Å²) in [5.41, 5.74) is 10.3. The van der Waals surface area contributed by atoms with Crippen molar-refractivity contribution in [3.63, 3.8) is 0 Å². The Morgan fingerprint density at radius 3 is 2.31 bits per heavy atom. The molecule has 1 heterocycles. The van der Waals surface area contributed by atoms with Gasteiger partial charge in [-0.1, -0.05) is 51.8 Å². The van der Waals surface area contributed by atoms with E-state index < -0.39 is 0 Å². The summed E-state index contributed by atoms with van der Waals surface area (Å²) in [5, 5.41) is 6.24. The Labute approximate surface area is 219 Å². The van der Waals surface area contributed by atoms with Crippen LogP contribution in [-0.2, 0) is 12.0 Å². The van der Waals surface area contributed by atoms with Crippen LogP contribution in [0, 0.1) is 0 Å². The smallest absolute Gasteiger partial charge is 0.255 e. The van der Waals surface area contributed by atoms with Crippen LogP contribution in [0.15, 0.2) is 42.5 Å². The van der Waals surface area contributed by atoms with Crippen molar-refractivity contribution in [2.75, 3.05) is 29.9 Å². The molecule has 2 fully saturated rings. The Balaban J connectivity index is 1.55. The van der Waals surface area contributed by atoms with Crippen LogP contribution in [-0.4, -0.2) is 53.4 Å². The molecule has 2 atom stereocenters. The molecule has 4 N–H and O–H groups in total. The normalized spacial score (nSPS) is 21.1. The molecular formula is C29H40N4O2S. The molecule has 4 rings (SSSR count). The number of hydrogen-bond donors (Lipinski definition) is 3. The minimum absolute atomic E-state index is 0.00357. The Hall–Kier alpha value is -2.35. The number of rotatable bonds is 6. The molecule has 1 saturated carbocycles. The van der Waals surface area contributed by atoms with Gasteiger partial charge in [0.25, 0.3) is 11.8 Å². The van der Waals surface area contributed by atoms with Gasteiger partial charge in [-0.2, -0.15) is 11.8 Å². The number of nitrogens with one attached hydrogen (secondary N) is 2. The first kappa shape index (κ1) is 26.7. The average Bonchev–Trinajstić information content (AvgIpc) is 2.86. The molecule has 7 heteroatoms.